The van der Waals surface area contributed by atoms with Crippen molar-refractivity contribution >= 4 is 46.7 Å². The number of ether oxygens (including phenoxy) is 1. The lowest BCUT2D eigenvalue weighted by molar-refractivity contribution is 0.415. The average molecular weight is 437 g/mol. The summed E-state index contributed by atoms with van der Waals surface area (Å²) in [6.45, 7) is 2.43. The standard InChI is InChI=1S/C17H19N5O.HI/c1-11-4-3-5-14-16(11)22-15(21-14)10-19-17(18)20-12-6-8-13(23-2)9-7-12;/h3-9H,10H2,1-2H3,(H,21,22)(H3,18,19,20);1H. The van der Waals surface area contributed by atoms with Gasteiger partial charge in [-0.3, -0.25) is 0 Å². The van der Waals surface area contributed by atoms with Gasteiger partial charge in [-0.05, 0) is 42.8 Å². The van der Waals surface area contributed by atoms with Gasteiger partial charge in [0.05, 0.1) is 18.1 Å². The molecular weight excluding hydrogens is 417 g/mol. The van der Waals surface area contributed by atoms with Crippen LogP contribution in [0.25, 0.3) is 11.0 Å². The summed E-state index contributed by atoms with van der Waals surface area (Å²) in [6, 6.07) is 13.5. The Hall–Kier alpha value is -2.29. The van der Waals surface area contributed by atoms with Gasteiger partial charge in [0, 0.05) is 5.69 Å². The number of aromatic nitrogens is 2. The number of benzene rings is 2. The molecule has 0 saturated heterocycles. The molecule has 126 valence electrons. The molecule has 0 bridgehead atoms. The van der Waals surface area contributed by atoms with Gasteiger partial charge in [-0.15, -0.1) is 24.0 Å². The van der Waals surface area contributed by atoms with Crippen molar-refractivity contribution < 1.29 is 4.74 Å². The third-order valence-electron chi connectivity index (χ3n) is 3.53. The molecule has 2 aromatic carbocycles. The minimum absolute atomic E-state index is 0. The highest BCUT2D eigenvalue weighted by molar-refractivity contribution is 14.0. The number of H-pyrrole nitrogens is 1. The van der Waals surface area contributed by atoms with E-state index in [9.17, 15) is 0 Å². The number of aryl methyl sites for hydroxylation is 1. The molecule has 4 N–H and O–H groups in total. The molecule has 7 heteroatoms. The molecule has 0 fully saturated rings. The predicted octanol–water partition coefficient (Wildman–Crippen LogP) is 3.42. The summed E-state index contributed by atoms with van der Waals surface area (Å²) in [5.41, 5.74) is 9.89. The number of halogens is 1. The fourth-order valence-electron chi connectivity index (χ4n) is 2.32. The van der Waals surface area contributed by atoms with Crippen LogP contribution >= 0.6 is 24.0 Å². The number of nitrogens with zero attached hydrogens (tertiary/aromatic N) is 2. The summed E-state index contributed by atoms with van der Waals surface area (Å²) in [7, 11) is 1.63. The van der Waals surface area contributed by atoms with E-state index in [2.05, 4.69) is 20.3 Å². The molecule has 0 unspecified atom stereocenters. The minimum atomic E-state index is 0. The van der Waals surface area contributed by atoms with Crippen LogP contribution in [0.5, 0.6) is 5.75 Å². The van der Waals surface area contributed by atoms with Crippen molar-refractivity contribution in [1.82, 2.24) is 9.97 Å². The van der Waals surface area contributed by atoms with Gasteiger partial charge < -0.3 is 20.8 Å². The van der Waals surface area contributed by atoms with Gasteiger partial charge >= 0.3 is 0 Å². The highest BCUT2D eigenvalue weighted by atomic mass is 127. The fourth-order valence-corrected chi connectivity index (χ4v) is 2.32. The van der Waals surface area contributed by atoms with E-state index in [4.69, 9.17) is 10.5 Å². The van der Waals surface area contributed by atoms with Crippen LogP contribution in [-0.4, -0.2) is 23.0 Å². The lowest BCUT2D eigenvalue weighted by Crippen LogP contribution is -2.22. The molecular formula is C17H20IN5O. The SMILES string of the molecule is COc1ccc(NC(N)=NCc2nc3c(C)cccc3[nH]2)cc1.I. The molecule has 3 aromatic rings. The second kappa shape index (κ2) is 8.00. The first-order valence-electron chi connectivity index (χ1n) is 7.31. The van der Waals surface area contributed by atoms with E-state index in [-0.39, 0.29) is 24.0 Å². The maximum absolute atomic E-state index is 5.91. The van der Waals surface area contributed by atoms with Crippen LogP contribution in [0.4, 0.5) is 5.69 Å². The number of aliphatic imine (C=N–C) groups is 1. The number of fused-ring (bicyclic) bond motifs is 1. The maximum Gasteiger partial charge on any atom is 0.193 e. The van der Waals surface area contributed by atoms with Crippen molar-refractivity contribution in [1.29, 1.82) is 0 Å². The number of nitrogens with one attached hydrogen (secondary N) is 2. The second-order valence-corrected chi connectivity index (χ2v) is 5.21. The Kier molecular flexibility index (Phi) is 6.02. The molecule has 1 aromatic heterocycles. The molecule has 6 nitrogen and oxygen atoms in total. The van der Waals surface area contributed by atoms with E-state index < -0.39 is 0 Å². The predicted molar refractivity (Wildman–Crippen MR) is 108 cm³/mol. The number of methoxy groups -OCH3 is 1. The van der Waals surface area contributed by atoms with Crippen molar-refractivity contribution in [2.75, 3.05) is 12.4 Å². The number of nitrogens with two attached hydrogens (primary N) is 1. The van der Waals surface area contributed by atoms with Gasteiger partial charge in [0.2, 0.25) is 0 Å². The number of hydrogen-bond donors (Lipinski definition) is 3. The molecule has 0 spiro atoms. The Morgan fingerprint density at radius 2 is 2.00 bits per heavy atom. The number of para-hydroxylation sites is 1. The molecule has 0 radical (unpaired) electrons. The summed E-state index contributed by atoms with van der Waals surface area (Å²) in [5, 5.41) is 3.04. The summed E-state index contributed by atoms with van der Waals surface area (Å²) in [5.74, 6) is 1.92. The molecule has 0 aliphatic rings. The highest BCUT2D eigenvalue weighted by Crippen LogP contribution is 2.16. The zero-order valence-electron chi connectivity index (χ0n) is 13.5. The molecule has 1 heterocycles. The van der Waals surface area contributed by atoms with Crippen molar-refractivity contribution in [3.63, 3.8) is 0 Å². The highest BCUT2D eigenvalue weighted by Gasteiger charge is 2.04. The third kappa shape index (κ3) is 4.16. The summed E-state index contributed by atoms with van der Waals surface area (Å²) < 4.78 is 5.12. The number of guanidine groups is 1. The zero-order valence-corrected chi connectivity index (χ0v) is 15.9. The van der Waals surface area contributed by atoms with Crippen LogP contribution in [0.2, 0.25) is 0 Å². The number of rotatable bonds is 4. The molecule has 0 aliphatic carbocycles. The van der Waals surface area contributed by atoms with Gasteiger partial charge in [0.1, 0.15) is 18.1 Å². The van der Waals surface area contributed by atoms with Crippen LogP contribution in [0.15, 0.2) is 47.5 Å². The maximum atomic E-state index is 5.91. The summed E-state index contributed by atoms with van der Waals surface area (Å²) in [6.07, 6.45) is 0. The Labute approximate surface area is 157 Å². The molecule has 0 saturated carbocycles. The number of anilines is 1. The number of aromatic amines is 1. The van der Waals surface area contributed by atoms with Gasteiger partial charge in [-0.1, -0.05) is 12.1 Å². The minimum Gasteiger partial charge on any atom is -0.497 e. The first-order chi connectivity index (χ1) is 11.2. The van der Waals surface area contributed by atoms with E-state index in [1.165, 1.54) is 0 Å². The number of hydrogen-bond acceptors (Lipinski definition) is 3. The summed E-state index contributed by atoms with van der Waals surface area (Å²) in [4.78, 5) is 12.1. The van der Waals surface area contributed by atoms with Crippen LogP contribution in [0.1, 0.15) is 11.4 Å². The number of imidazole rings is 1. The smallest absolute Gasteiger partial charge is 0.193 e. The van der Waals surface area contributed by atoms with Crippen LogP contribution < -0.4 is 15.8 Å². The van der Waals surface area contributed by atoms with Crippen molar-refractivity contribution in [2.24, 2.45) is 10.7 Å². The topological polar surface area (TPSA) is 88.3 Å². The lowest BCUT2D eigenvalue weighted by Gasteiger charge is -2.06. The van der Waals surface area contributed by atoms with Crippen molar-refractivity contribution in [3.8, 4) is 5.75 Å². The van der Waals surface area contributed by atoms with Crippen LogP contribution in [0, 0.1) is 6.92 Å². The van der Waals surface area contributed by atoms with E-state index in [0.717, 1.165) is 33.9 Å². The molecule has 0 aliphatic heterocycles. The van der Waals surface area contributed by atoms with Crippen molar-refractivity contribution in [3.05, 3.63) is 53.9 Å². The molecule has 3 rings (SSSR count). The Morgan fingerprint density at radius 3 is 2.67 bits per heavy atom. The lowest BCUT2D eigenvalue weighted by atomic mass is 10.2. The monoisotopic (exact) mass is 437 g/mol. The Morgan fingerprint density at radius 1 is 1.25 bits per heavy atom. The van der Waals surface area contributed by atoms with Gasteiger partial charge in [0.25, 0.3) is 0 Å². The first-order valence-corrected chi connectivity index (χ1v) is 7.31. The Balaban J connectivity index is 0.00000208. The second-order valence-electron chi connectivity index (χ2n) is 5.21. The Bertz CT molecular complexity index is 842. The van der Waals surface area contributed by atoms with Gasteiger partial charge in [0.15, 0.2) is 5.96 Å². The third-order valence-corrected chi connectivity index (χ3v) is 3.53. The summed E-state index contributed by atoms with van der Waals surface area (Å²) >= 11 is 0. The van der Waals surface area contributed by atoms with E-state index in [0.29, 0.717) is 12.5 Å². The van der Waals surface area contributed by atoms with Crippen molar-refractivity contribution in [2.45, 2.75) is 13.5 Å². The first kappa shape index (κ1) is 18.1. The zero-order chi connectivity index (χ0) is 16.2. The van der Waals surface area contributed by atoms with E-state index in [1.807, 2.05) is 49.4 Å². The largest absolute Gasteiger partial charge is 0.497 e. The molecule has 24 heavy (non-hydrogen) atoms. The van der Waals surface area contributed by atoms with Gasteiger partial charge in [-0.2, -0.15) is 0 Å². The van der Waals surface area contributed by atoms with Crippen LogP contribution in [0.3, 0.4) is 0 Å². The normalized spacial score (nSPS) is 11.2. The van der Waals surface area contributed by atoms with E-state index >= 15 is 0 Å². The average Bonchev–Trinajstić information content (AvgIpc) is 2.98. The quantitative estimate of drug-likeness (QED) is 0.332. The van der Waals surface area contributed by atoms with Gasteiger partial charge in [-0.25, -0.2) is 9.98 Å². The van der Waals surface area contributed by atoms with Crippen LogP contribution in [-0.2, 0) is 6.54 Å². The van der Waals surface area contributed by atoms with E-state index in [1.54, 1.807) is 7.11 Å². The molecule has 0 amide bonds. The molecule has 0 atom stereocenters. The fraction of sp³-hybridized carbons (Fsp3) is 0.176.